The molecule has 0 aromatic carbocycles. The molecule has 0 aromatic heterocycles. The first-order valence-electron chi connectivity index (χ1n) is 7.35. The predicted molar refractivity (Wildman–Crippen MR) is 76.8 cm³/mol. The zero-order chi connectivity index (χ0) is 13.8. The van der Waals surface area contributed by atoms with Crippen molar-refractivity contribution in [3.8, 4) is 0 Å². The van der Waals surface area contributed by atoms with Crippen molar-refractivity contribution in [1.29, 1.82) is 0 Å². The van der Waals surface area contributed by atoms with Crippen LogP contribution in [0.4, 0.5) is 0 Å². The Morgan fingerprint density at radius 1 is 1.00 bits per heavy atom. The number of hydrogen-bond acceptors (Lipinski definition) is 4. The summed E-state index contributed by atoms with van der Waals surface area (Å²) in [6.07, 6.45) is 4.98. The van der Waals surface area contributed by atoms with Crippen LogP contribution in [0, 0.1) is 0 Å². The third kappa shape index (κ3) is 12.3. The molecule has 0 aliphatic carbocycles. The summed E-state index contributed by atoms with van der Waals surface area (Å²) in [5.74, 6) is 0. The van der Waals surface area contributed by atoms with Gasteiger partial charge >= 0.3 is 0 Å². The van der Waals surface area contributed by atoms with Gasteiger partial charge in [0, 0.05) is 13.1 Å². The highest BCUT2D eigenvalue weighted by Crippen LogP contribution is 2.07. The first-order valence-corrected chi connectivity index (χ1v) is 7.35. The molecule has 110 valence electrons. The van der Waals surface area contributed by atoms with E-state index in [9.17, 15) is 0 Å². The molecule has 1 aliphatic heterocycles. The first-order chi connectivity index (χ1) is 8.56. The van der Waals surface area contributed by atoms with Crippen molar-refractivity contribution in [3.05, 3.63) is 0 Å². The summed E-state index contributed by atoms with van der Waals surface area (Å²) in [4.78, 5) is 2.57. The molecule has 3 N–H and O–H groups in total. The van der Waals surface area contributed by atoms with E-state index in [4.69, 9.17) is 10.2 Å². The lowest BCUT2D eigenvalue weighted by Gasteiger charge is -2.25. The summed E-state index contributed by atoms with van der Waals surface area (Å²) >= 11 is 0. The molecule has 18 heavy (non-hydrogen) atoms. The molecule has 1 rings (SSSR count). The standard InChI is InChI=1S/C8H17N.C6H15NO2/c1-2-6-9-7-4-3-5-8-9;1-5(8)3-7-4-6(2)9/h2-8H2,1H3;5-9H,3-4H2,1-2H3. The topological polar surface area (TPSA) is 55.7 Å². The second kappa shape index (κ2) is 11.9. The van der Waals surface area contributed by atoms with Crippen LogP contribution in [-0.4, -0.2) is 60.0 Å². The van der Waals surface area contributed by atoms with E-state index >= 15 is 0 Å². The van der Waals surface area contributed by atoms with E-state index in [1.807, 2.05) is 0 Å². The number of nitrogens with zero attached hydrogens (tertiary/aromatic N) is 1. The lowest BCUT2D eigenvalue weighted by molar-refractivity contribution is 0.164. The fourth-order valence-electron chi connectivity index (χ4n) is 2.00. The zero-order valence-electron chi connectivity index (χ0n) is 12.4. The lowest BCUT2D eigenvalue weighted by atomic mass is 10.1. The molecule has 0 amide bonds. The smallest absolute Gasteiger partial charge is 0.0636 e. The van der Waals surface area contributed by atoms with E-state index in [2.05, 4.69) is 17.1 Å². The summed E-state index contributed by atoms with van der Waals surface area (Å²) in [5, 5.41) is 20.3. The molecule has 0 saturated carbocycles. The van der Waals surface area contributed by atoms with Gasteiger partial charge in [0.05, 0.1) is 12.2 Å². The van der Waals surface area contributed by atoms with Crippen LogP contribution in [0.5, 0.6) is 0 Å². The average Bonchev–Trinajstić information content (AvgIpc) is 2.30. The van der Waals surface area contributed by atoms with Gasteiger partial charge in [0.2, 0.25) is 0 Å². The minimum absolute atomic E-state index is 0.330. The molecule has 1 heterocycles. The third-order valence-corrected chi connectivity index (χ3v) is 2.87. The number of likely N-dealkylation sites (tertiary alicyclic amines) is 1. The maximum absolute atomic E-state index is 8.72. The molecule has 0 spiro atoms. The summed E-state index contributed by atoms with van der Waals surface area (Å²) in [7, 11) is 0. The largest absolute Gasteiger partial charge is 0.392 e. The van der Waals surface area contributed by atoms with Crippen molar-refractivity contribution in [2.45, 2.75) is 58.7 Å². The van der Waals surface area contributed by atoms with Crippen molar-refractivity contribution < 1.29 is 10.2 Å². The van der Waals surface area contributed by atoms with Gasteiger partial charge < -0.3 is 20.4 Å². The Kier molecular flexibility index (Phi) is 11.8. The van der Waals surface area contributed by atoms with Crippen LogP contribution in [0.2, 0.25) is 0 Å². The van der Waals surface area contributed by atoms with Crippen molar-refractivity contribution in [2.24, 2.45) is 0 Å². The maximum atomic E-state index is 8.72. The summed E-state index contributed by atoms with van der Waals surface area (Å²) < 4.78 is 0. The minimum Gasteiger partial charge on any atom is -0.392 e. The molecule has 1 saturated heterocycles. The molecular weight excluding hydrogens is 228 g/mol. The quantitative estimate of drug-likeness (QED) is 0.672. The van der Waals surface area contributed by atoms with Gasteiger partial charge in [-0.2, -0.15) is 0 Å². The van der Waals surface area contributed by atoms with Crippen LogP contribution in [0.3, 0.4) is 0 Å². The van der Waals surface area contributed by atoms with E-state index in [-0.39, 0.29) is 12.2 Å². The summed E-state index contributed by atoms with van der Waals surface area (Å²) in [6, 6.07) is 0. The van der Waals surface area contributed by atoms with Crippen molar-refractivity contribution in [1.82, 2.24) is 10.2 Å². The van der Waals surface area contributed by atoms with Crippen molar-refractivity contribution in [2.75, 3.05) is 32.7 Å². The van der Waals surface area contributed by atoms with Crippen molar-refractivity contribution >= 4 is 0 Å². The SMILES string of the molecule is CC(O)CNCC(C)O.CCCN1CCCCC1. The van der Waals surface area contributed by atoms with Crippen LogP contribution < -0.4 is 5.32 Å². The Bertz CT molecular complexity index is 158. The van der Waals surface area contributed by atoms with E-state index in [0.717, 1.165) is 0 Å². The number of hydrogen-bond donors (Lipinski definition) is 3. The normalized spacial score (nSPS) is 19.8. The highest BCUT2D eigenvalue weighted by atomic mass is 16.3. The van der Waals surface area contributed by atoms with Crippen LogP contribution in [0.25, 0.3) is 0 Å². The van der Waals surface area contributed by atoms with Gasteiger partial charge in [-0.3, -0.25) is 0 Å². The highest BCUT2D eigenvalue weighted by molar-refractivity contribution is 4.62. The molecule has 1 aliphatic rings. The average molecular weight is 260 g/mol. The fourth-order valence-corrected chi connectivity index (χ4v) is 2.00. The number of aliphatic hydroxyl groups is 2. The highest BCUT2D eigenvalue weighted by Gasteiger charge is 2.07. The predicted octanol–water partition coefficient (Wildman–Crippen LogP) is 1.22. The Hall–Kier alpha value is -0.160. The molecule has 4 heteroatoms. The zero-order valence-corrected chi connectivity index (χ0v) is 12.4. The second-order valence-corrected chi connectivity index (χ2v) is 5.26. The van der Waals surface area contributed by atoms with Gasteiger partial charge in [0.15, 0.2) is 0 Å². The molecule has 2 unspecified atom stereocenters. The summed E-state index contributed by atoms with van der Waals surface area (Å²) in [5.41, 5.74) is 0. The van der Waals surface area contributed by atoms with Gasteiger partial charge in [-0.15, -0.1) is 0 Å². The van der Waals surface area contributed by atoms with Crippen LogP contribution in [-0.2, 0) is 0 Å². The Labute approximate surface area is 112 Å². The van der Waals surface area contributed by atoms with Crippen LogP contribution >= 0.6 is 0 Å². The second-order valence-electron chi connectivity index (χ2n) is 5.26. The lowest BCUT2D eigenvalue weighted by Crippen LogP contribution is -2.30. The minimum atomic E-state index is -0.330. The number of rotatable bonds is 6. The van der Waals surface area contributed by atoms with Gasteiger partial charge in [-0.1, -0.05) is 13.3 Å². The van der Waals surface area contributed by atoms with E-state index in [1.165, 1.54) is 45.3 Å². The molecule has 0 bridgehead atoms. The number of aliphatic hydroxyl groups excluding tert-OH is 2. The van der Waals surface area contributed by atoms with Gasteiger partial charge in [-0.25, -0.2) is 0 Å². The summed E-state index contributed by atoms with van der Waals surface area (Å²) in [6.45, 7) is 10.8. The van der Waals surface area contributed by atoms with E-state index in [0.29, 0.717) is 13.1 Å². The van der Waals surface area contributed by atoms with Crippen LogP contribution in [0.1, 0.15) is 46.5 Å². The third-order valence-electron chi connectivity index (χ3n) is 2.87. The molecule has 1 fully saturated rings. The van der Waals surface area contributed by atoms with Gasteiger partial charge in [0.1, 0.15) is 0 Å². The molecule has 2 atom stereocenters. The Morgan fingerprint density at radius 2 is 1.50 bits per heavy atom. The molecular formula is C14H32N2O2. The van der Waals surface area contributed by atoms with Crippen molar-refractivity contribution in [3.63, 3.8) is 0 Å². The first kappa shape index (κ1) is 17.8. The number of piperidine rings is 1. The molecule has 0 aromatic rings. The van der Waals surface area contributed by atoms with E-state index < -0.39 is 0 Å². The molecule has 4 nitrogen and oxygen atoms in total. The monoisotopic (exact) mass is 260 g/mol. The fraction of sp³-hybridized carbons (Fsp3) is 1.00. The maximum Gasteiger partial charge on any atom is 0.0636 e. The van der Waals surface area contributed by atoms with Crippen LogP contribution in [0.15, 0.2) is 0 Å². The van der Waals surface area contributed by atoms with Gasteiger partial charge in [-0.05, 0) is 52.7 Å². The molecule has 0 radical (unpaired) electrons. The van der Waals surface area contributed by atoms with E-state index in [1.54, 1.807) is 13.8 Å². The number of nitrogens with one attached hydrogen (secondary N) is 1. The Morgan fingerprint density at radius 3 is 1.89 bits per heavy atom. The van der Waals surface area contributed by atoms with Gasteiger partial charge in [0.25, 0.3) is 0 Å². The Balaban J connectivity index is 0.000000321.